The molecule has 2 N–H and O–H groups in total. The molecule has 1 unspecified atom stereocenters. The lowest BCUT2D eigenvalue weighted by molar-refractivity contribution is -0.137. The van der Waals surface area contributed by atoms with Gasteiger partial charge in [-0.15, -0.1) is 11.3 Å². The minimum atomic E-state index is -4.52. The Kier molecular flexibility index (Phi) is 8.56. The van der Waals surface area contributed by atoms with Crippen LogP contribution in [0.1, 0.15) is 82.0 Å². The van der Waals surface area contributed by atoms with E-state index in [-0.39, 0.29) is 30.2 Å². The van der Waals surface area contributed by atoms with Crippen molar-refractivity contribution in [1.29, 1.82) is 0 Å². The predicted octanol–water partition coefficient (Wildman–Crippen LogP) is 4.80. The van der Waals surface area contributed by atoms with Crippen molar-refractivity contribution >= 4 is 28.9 Å². The van der Waals surface area contributed by atoms with Crippen LogP contribution in [-0.4, -0.2) is 52.7 Å². The number of benzene rings is 1. The molecule has 0 radical (unpaired) electrons. The minimum absolute atomic E-state index is 0.0237. The summed E-state index contributed by atoms with van der Waals surface area (Å²) >= 11 is 1.22. The minimum Gasteiger partial charge on any atom is -0.383 e. The number of hydrogen-bond acceptors (Lipinski definition) is 6. The van der Waals surface area contributed by atoms with Crippen molar-refractivity contribution in [3.63, 3.8) is 0 Å². The number of aromatic nitrogens is 1. The van der Waals surface area contributed by atoms with Crippen molar-refractivity contribution in [2.45, 2.75) is 63.1 Å². The lowest BCUT2D eigenvalue weighted by Crippen LogP contribution is -2.32. The van der Waals surface area contributed by atoms with Gasteiger partial charge in [0.25, 0.3) is 5.91 Å². The van der Waals surface area contributed by atoms with E-state index >= 15 is 0 Å². The Morgan fingerprint density at radius 2 is 1.89 bits per heavy atom. The summed E-state index contributed by atoms with van der Waals surface area (Å²) in [6.07, 6.45) is 1.47. The van der Waals surface area contributed by atoms with Crippen molar-refractivity contribution in [2.75, 3.05) is 20.1 Å². The number of hydrogen-bond donors (Lipinski definition) is 2. The number of ketones is 1. The zero-order valence-electron chi connectivity index (χ0n) is 21.2. The van der Waals surface area contributed by atoms with Crippen LogP contribution < -0.4 is 5.32 Å². The summed E-state index contributed by atoms with van der Waals surface area (Å²) in [4.78, 5) is 43.4. The van der Waals surface area contributed by atoms with E-state index in [1.807, 2.05) is 0 Å². The first-order valence-electron chi connectivity index (χ1n) is 12.9. The summed E-state index contributed by atoms with van der Waals surface area (Å²) in [5.41, 5.74) is -1.93. The third-order valence-corrected chi connectivity index (χ3v) is 8.86. The van der Waals surface area contributed by atoms with E-state index in [2.05, 4.69) is 10.3 Å². The second-order valence-electron chi connectivity index (χ2n) is 10.3. The molecule has 1 aromatic heterocycles. The maximum atomic E-state index is 12.9. The SMILES string of the molecule is CNC(=O)c1cnc(C2(O)CCC(CC3CCN(C(=O)CCC(=O)c4cccc(C(F)(F)F)c4)C3)CC2)s1. The fourth-order valence-corrected chi connectivity index (χ4v) is 6.44. The highest BCUT2D eigenvalue weighted by Crippen LogP contribution is 2.43. The summed E-state index contributed by atoms with van der Waals surface area (Å²) in [7, 11) is 1.56. The fraction of sp³-hybridized carbons (Fsp3) is 0.556. The Labute approximate surface area is 223 Å². The molecule has 1 aliphatic heterocycles. The van der Waals surface area contributed by atoms with Crippen LogP contribution in [0.2, 0.25) is 0 Å². The Hall–Kier alpha value is -2.79. The van der Waals surface area contributed by atoms with Crippen LogP contribution >= 0.6 is 11.3 Å². The second kappa shape index (κ2) is 11.5. The van der Waals surface area contributed by atoms with Crippen molar-refractivity contribution in [1.82, 2.24) is 15.2 Å². The number of rotatable bonds is 8. The molecule has 206 valence electrons. The average molecular weight is 552 g/mol. The van der Waals surface area contributed by atoms with Gasteiger partial charge in [-0.3, -0.25) is 14.4 Å². The summed E-state index contributed by atoms with van der Waals surface area (Å²) in [5, 5.41) is 14.3. The standard InChI is InChI=1S/C27H32F3N3O4S/c1-31-24(36)22-15-32-25(38-22)26(37)10-7-17(8-11-26)13-18-9-12-33(16-18)23(35)6-5-21(34)19-3-2-4-20(14-19)27(28,29)30/h2-4,14-15,17-18,37H,5-13,16H2,1H3,(H,31,36). The molecule has 1 aromatic carbocycles. The van der Waals surface area contributed by atoms with Crippen LogP contribution in [0.4, 0.5) is 13.2 Å². The van der Waals surface area contributed by atoms with Gasteiger partial charge in [0.2, 0.25) is 5.91 Å². The number of amides is 2. The molecule has 2 amide bonds. The first-order valence-corrected chi connectivity index (χ1v) is 13.7. The molecule has 38 heavy (non-hydrogen) atoms. The topological polar surface area (TPSA) is 99.6 Å². The third-order valence-electron chi connectivity index (χ3n) is 7.67. The van der Waals surface area contributed by atoms with E-state index in [4.69, 9.17) is 0 Å². The van der Waals surface area contributed by atoms with E-state index in [1.54, 1.807) is 11.9 Å². The van der Waals surface area contributed by atoms with Gasteiger partial charge in [0.15, 0.2) is 5.78 Å². The van der Waals surface area contributed by atoms with E-state index in [1.165, 1.54) is 29.7 Å². The molecule has 2 heterocycles. The van der Waals surface area contributed by atoms with Crippen LogP contribution in [0, 0.1) is 11.8 Å². The Balaban J connectivity index is 1.21. The number of carbonyl (C=O) groups is 3. The predicted molar refractivity (Wildman–Crippen MR) is 136 cm³/mol. The summed E-state index contributed by atoms with van der Waals surface area (Å²) in [6, 6.07) is 4.29. The van der Waals surface area contributed by atoms with E-state index < -0.39 is 23.1 Å². The highest BCUT2D eigenvalue weighted by Gasteiger charge is 2.39. The number of halogens is 3. The number of likely N-dealkylation sites (tertiary alicyclic amines) is 1. The molecule has 7 nitrogen and oxygen atoms in total. The van der Waals surface area contributed by atoms with Crippen molar-refractivity contribution < 1.29 is 32.7 Å². The normalized spacial score (nSPS) is 23.9. The molecule has 11 heteroatoms. The first kappa shape index (κ1) is 28.2. The van der Waals surface area contributed by atoms with Gasteiger partial charge < -0.3 is 15.3 Å². The Morgan fingerprint density at radius 3 is 2.58 bits per heavy atom. The summed E-state index contributed by atoms with van der Waals surface area (Å²) in [5.74, 6) is -0.0734. The smallest absolute Gasteiger partial charge is 0.383 e. The monoisotopic (exact) mass is 551 g/mol. The van der Waals surface area contributed by atoms with E-state index in [0.29, 0.717) is 47.7 Å². The molecule has 1 saturated heterocycles. The molecule has 2 aliphatic rings. The number of carbonyl (C=O) groups excluding carboxylic acids is 3. The maximum Gasteiger partial charge on any atom is 0.416 e. The van der Waals surface area contributed by atoms with Crippen LogP contribution in [0.25, 0.3) is 0 Å². The average Bonchev–Trinajstić information content (AvgIpc) is 3.58. The molecule has 1 saturated carbocycles. The van der Waals surface area contributed by atoms with Gasteiger partial charge in [-0.25, -0.2) is 4.98 Å². The molecule has 2 aromatic rings. The largest absolute Gasteiger partial charge is 0.416 e. The fourth-order valence-electron chi connectivity index (χ4n) is 5.44. The molecular weight excluding hydrogens is 519 g/mol. The highest BCUT2D eigenvalue weighted by molar-refractivity contribution is 7.13. The molecule has 0 spiro atoms. The second-order valence-corrected chi connectivity index (χ2v) is 11.3. The van der Waals surface area contributed by atoms with Gasteiger partial charge in [0.05, 0.1) is 11.8 Å². The van der Waals surface area contributed by atoms with Gasteiger partial charge in [-0.2, -0.15) is 13.2 Å². The zero-order chi connectivity index (χ0) is 27.5. The number of Topliss-reactive ketones (excluding diaryl/α,β-unsaturated/α-hetero) is 1. The quantitative estimate of drug-likeness (QED) is 0.459. The van der Waals surface area contributed by atoms with Crippen LogP contribution in [0.15, 0.2) is 30.5 Å². The van der Waals surface area contributed by atoms with Gasteiger partial charge in [-0.1, -0.05) is 12.1 Å². The van der Waals surface area contributed by atoms with Gasteiger partial charge in [0.1, 0.15) is 15.5 Å². The van der Waals surface area contributed by atoms with Gasteiger partial charge in [0, 0.05) is 38.5 Å². The van der Waals surface area contributed by atoms with Crippen LogP contribution in [-0.2, 0) is 16.6 Å². The van der Waals surface area contributed by atoms with E-state index in [0.717, 1.165) is 37.8 Å². The number of alkyl halides is 3. The molecule has 1 atom stereocenters. The van der Waals surface area contributed by atoms with E-state index in [9.17, 15) is 32.7 Å². The lowest BCUT2D eigenvalue weighted by atomic mass is 9.75. The van der Waals surface area contributed by atoms with Crippen molar-refractivity contribution in [3.05, 3.63) is 51.5 Å². The van der Waals surface area contributed by atoms with Gasteiger partial charge >= 0.3 is 6.18 Å². The lowest BCUT2D eigenvalue weighted by Gasteiger charge is -2.35. The zero-order valence-corrected chi connectivity index (χ0v) is 22.0. The summed E-state index contributed by atoms with van der Waals surface area (Å²) in [6.45, 7) is 1.22. The highest BCUT2D eigenvalue weighted by atomic mass is 32.1. The van der Waals surface area contributed by atoms with Crippen molar-refractivity contribution in [3.8, 4) is 0 Å². The number of nitrogens with one attached hydrogen (secondary N) is 1. The van der Waals surface area contributed by atoms with Crippen molar-refractivity contribution in [2.24, 2.45) is 11.8 Å². The first-order chi connectivity index (χ1) is 18.0. The number of nitrogens with zero attached hydrogens (tertiary/aromatic N) is 2. The Morgan fingerprint density at radius 1 is 1.16 bits per heavy atom. The third kappa shape index (κ3) is 6.61. The maximum absolute atomic E-state index is 12.9. The summed E-state index contributed by atoms with van der Waals surface area (Å²) < 4.78 is 38.7. The van der Waals surface area contributed by atoms with Crippen LogP contribution in [0.3, 0.4) is 0 Å². The van der Waals surface area contributed by atoms with Gasteiger partial charge in [-0.05, 0) is 62.5 Å². The molecule has 4 rings (SSSR count). The number of aliphatic hydroxyl groups is 1. The molecular formula is C27H32F3N3O4S. The number of thiazole rings is 1. The molecule has 2 fully saturated rings. The Bertz CT molecular complexity index is 1170. The van der Waals surface area contributed by atoms with Crippen LogP contribution in [0.5, 0.6) is 0 Å². The molecule has 0 bridgehead atoms. The molecule has 1 aliphatic carbocycles.